The van der Waals surface area contributed by atoms with Gasteiger partial charge in [-0.1, -0.05) is 109 Å². The highest BCUT2D eigenvalue weighted by Crippen LogP contribution is 3.02. The molecule has 338 valence electrons. The zero-order chi connectivity index (χ0) is 44.8. The van der Waals surface area contributed by atoms with Crippen molar-refractivity contribution in [3.63, 3.8) is 0 Å². The lowest BCUT2D eigenvalue weighted by atomic mass is 9.77. The zero-order valence-corrected chi connectivity index (χ0v) is 35.6. The summed E-state index contributed by atoms with van der Waals surface area (Å²) in [5.41, 5.74) is 2.81. The Labute approximate surface area is 350 Å². The van der Waals surface area contributed by atoms with Crippen molar-refractivity contribution in [2.45, 2.75) is 119 Å². The number of rotatable bonds is 13. The van der Waals surface area contributed by atoms with E-state index in [2.05, 4.69) is 13.8 Å². The van der Waals surface area contributed by atoms with Crippen LogP contribution in [0.2, 0.25) is 0 Å². The third-order valence-electron chi connectivity index (χ3n) is 11.6. The fourth-order valence-corrected chi connectivity index (χ4v) is 9.42. The highest BCUT2D eigenvalue weighted by molar-refractivity contribution is 8.46. The summed E-state index contributed by atoms with van der Waals surface area (Å²) < 4.78 is 138. The number of benzene rings is 4. The molecule has 0 spiro atoms. The van der Waals surface area contributed by atoms with Gasteiger partial charge >= 0.3 is 32.4 Å². The van der Waals surface area contributed by atoms with Crippen molar-refractivity contribution in [3.05, 3.63) is 119 Å². The van der Waals surface area contributed by atoms with Gasteiger partial charge in [0.1, 0.15) is 21.3 Å². The Kier molecular flexibility index (Phi) is 13.5. The largest absolute Gasteiger partial charge is 0.423 e. The van der Waals surface area contributed by atoms with Gasteiger partial charge in [0.25, 0.3) is 0 Å². The Balaban J connectivity index is 0.000000231. The molecular formula is C45H52F10O4S2. The molecule has 0 atom stereocenters. The Bertz CT molecular complexity index is 2100. The molecule has 0 aromatic heterocycles. The molecule has 4 aromatic rings. The Morgan fingerprint density at radius 3 is 1.08 bits per heavy atom. The number of hydrogen-bond acceptors (Lipinski definition) is 4. The van der Waals surface area contributed by atoms with Crippen LogP contribution in [0.25, 0.3) is 0 Å². The van der Waals surface area contributed by atoms with Crippen LogP contribution in [0, 0.1) is 11.8 Å². The molecule has 2 saturated carbocycles. The Morgan fingerprint density at radius 1 is 0.459 bits per heavy atom. The molecule has 0 unspecified atom stereocenters. The van der Waals surface area contributed by atoms with Crippen LogP contribution in [0.15, 0.2) is 107 Å². The molecule has 4 nitrogen and oxygen atoms in total. The molecule has 0 N–H and O–H groups in total. The number of hydrogen-bond donors (Lipinski definition) is 0. The van der Waals surface area contributed by atoms with Gasteiger partial charge in [-0.15, -0.1) is 0 Å². The SMILES string of the molecule is CCCC1CCC(c2ccc(C(=O)Oc3ccc(S(F)(F)(F)(F)F)cc3)cc2)CC1.CCCCC1CCC(c2ccc(C(=O)Oc3ccc(S(F)(F)(F)(F)F)cc3)cc2)CC1. The van der Waals surface area contributed by atoms with Crippen molar-refractivity contribution in [1.29, 1.82) is 0 Å². The molecule has 6 rings (SSSR count). The summed E-state index contributed by atoms with van der Waals surface area (Å²) in [5, 5.41) is 0. The van der Waals surface area contributed by atoms with Crippen molar-refractivity contribution in [3.8, 4) is 11.5 Å². The van der Waals surface area contributed by atoms with E-state index >= 15 is 0 Å². The third-order valence-corrected chi connectivity index (χ3v) is 13.9. The average Bonchev–Trinajstić information content (AvgIpc) is 3.20. The minimum atomic E-state index is -9.74. The summed E-state index contributed by atoms with van der Waals surface area (Å²) >= 11 is 0. The van der Waals surface area contributed by atoms with E-state index in [1.54, 1.807) is 24.3 Å². The molecule has 0 heterocycles. The van der Waals surface area contributed by atoms with Gasteiger partial charge in [-0.3, -0.25) is 0 Å². The van der Waals surface area contributed by atoms with E-state index in [0.717, 1.165) is 60.8 Å². The first kappa shape index (κ1) is 47.9. The second kappa shape index (κ2) is 17.2. The lowest BCUT2D eigenvalue weighted by Gasteiger charge is -2.40. The van der Waals surface area contributed by atoms with Gasteiger partial charge in [0.15, 0.2) is 0 Å². The standard InChI is InChI=1S/C23H27F5O2S.C22H25F5O2S/c1-2-3-4-17-5-7-18(8-6-17)19-9-11-20(12-10-19)23(29)30-21-13-15-22(16-14-21)31(24,25,26,27)28;1-2-3-16-4-6-17(7-5-16)18-8-10-19(11-9-18)22(28)29-20-12-14-21(15-13-20)30(23,24,25,26)27/h9-18H,2-8H2,1H3;8-17H,2-7H2,1H3. The topological polar surface area (TPSA) is 52.6 Å². The molecular weight excluding hydrogens is 859 g/mol. The number of carbonyl (C=O) groups is 2. The van der Waals surface area contributed by atoms with Crippen LogP contribution in [0.1, 0.15) is 141 Å². The summed E-state index contributed by atoms with van der Waals surface area (Å²) in [6, 6.07) is 17.8. The fraction of sp³-hybridized carbons (Fsp3) is 0.422. The van der Waals surface area contributed by atoms with Crippen molar-refractivity contribution in [2.24, 2.45) is 11.8 Å². The first-order valence-electron chi connectivity index (χ1n) is 20.5. The van der Waals surface area contributed by atoms with Crippen LogP contribution < -0.4 is 9.47 Å². The van der Waals surface area contributed by atoms with Crippen molar-refractivity contribution < 1.29 is 57.9 Å². The van der Waals surface area contributed by atoms with Gasteiger partial charge in [-0.05, 0) is 159 Å². The van der Waals surface area contributed by atoms with E-state index in [-0.39, 0.29) is 46.9 Å². The predicted molar refractivity (Wildman–Crippen MR) is 222 cm³/mol. The first-order valence-corrected chi connectivity index (χ1v) is 24.4. The van der Waals surface area contributed by atoms with E-state index in [0.29, 0.717) is 24.0 Å². The summed E-state index contributed by atoms with van der Waals surface area (Å²) in [5.74, 6) is 0.546. The van der Waals surface area contributed by atoms with Crippen LogP contribution in [0.4, 0.5) is 38.9 Å². The molecule has 4 aromatic carbocycles. The monoisotopic (exact) mass is 910 g/mol. The zero-order valence-electron chi connectivity index (χ0n) is 34.0. The Hall–Kier alpha value is -4.18. The molecule has 2 aliphatic rings. The quantitative estimate of drug-likeness (QED) is 0.0762. The lowest BCUT2D eigenvalue weighted by molar-refractivity contribution is 0.0725. The normalized spacial score (nSPS) is 21.9. The summed E-state index contributed by atoms with van der Waals surface area (Å²) in [7, 11) is -19.5. The molecule has 0 aliphatic heterocycles. The average molecular weight is 911 g/mol. The number of ether oxygens (including phenoxy) is 2. The molecule has 0 radical (unpaired) electrons. The van der Waals surface area contributed by atoms with E-state index in [9.17, 15) is 48.4 Å². The Morgan fingerprint density at radius 2 is 0.787 bits per heavy atom. The minimum Gasteiger partial charge on any atom is -0.423 e. The van der Waals surface area contributed by atoms with Crippen LogP contribution in [-0.2, 0) is 0 Å². The fourth-order valence-electron chi connectivity index (χ4n) is 8.11. The number of halogens is 10. The summed E-state index contributed by atoms with van der Waals surface area (Å²) in [4.78, 5) is 20.5. The van der Waals surface area contributed by atoms with Gasteiger partial charge in [-0.2, -0.15) is 0 Å². The molecule has 16 heteroatoms. The smallest absolute Gasteiger partial charge is 0.343 e. The van der Waals surface area contributed by atoms with Gasteiger partial charge < -0.3 is 9.47 Å². The van der Waals surface area contributed by atoms with E-state index in [1.165, 1.54) is 57.8 Å². The maximum Gasteiger partial charge on any atom is 0.343 e. The van der Waals surface area contributed by atoms with Crippen LogP contribution in [0.3, 0.4) is 0 Å². The van der Waals surface area contributed by atoms with E-state index in [1.807, 2.05) is 24.3 Å². The van der Waals surface area contributed by atoms with Crippen molar-refractivity contribution >= 4 is 32.4 Å². The van der Waals surface area contributed by atoms with Gasteiger partial charge in [0, 0.05) is 0 Å². The number of unbranched alkanes of at least 4 members (excludes halogenated alkanes) is 1. The minimum absolute atomic E-state index is 0.224. The lowest BCUT2D eigenvalue weighted by Crippen LogP contribution is -2.14. The molecule has 2 aliphatic carbocycles. The molecule has 0 saturated heterocycles. The number of esters is 2. The van der Waals surface area contributed by atoms with Gasteiger partial charge in [0.05, 0.1) is 11.1 Å². The maximum atomic E-state index is 12.8. The summed E-state index contributed by atoms with van der Waals surface area (Å²) in [6.07, 6.45) is 15.6. The van der Waals surface area contributed by atoms with Crippen molar-refractivity contribution in [1.82, 2.24) is 0 Å². The highest BCUT2D eigenvalue weighted by atomic mass is 32.5. The second-order valence-corrected chi connectivity index (χ2v) is 21.1. The first-order chi connectivity index (χ1) is 28.2. The molecule has 61 heavy (non-hydrogen) atoms. The van der Waals surface area contributed by atoms with E-state index in [4.69, 9.17) is 9.47 Å². The summed E-state index contributed by atoms with van der Waals surface area (Å²) in [6.45, 7) is 4.40. The van der Waals surface area contributed by atoms with Gasteiger partial charge in [0.2, 0.25) is 0 Å². The molecule has 2 fully saturated rings. The van der Waals surface area contributed by atoms with Crippen molar-refractivity contribution in [2.75, 3.05) is 0 Å². The van der Waals surface area contributed by atoms with Crippen LogP contribution in [-0.4, -0.2) is 11.9 Å². The third kappa shape index (κ3) is 14.2. The van der Waals surface area contributed by atoms with Crippen LogP contribution in [0.5, 0.6) is 11.5 Å². The molecule has 0 amide bonds. The predicted octanol–water partition coefficient (Wildman–Crippen LogP) is 17.7. The van der Waals surface area contributed by atoms with Crippen LogP contribution >= 0.6 is 20.4 Å². The second-order valence-electron chi connectivity index (χ2n) is 16.3. The molecule has 0 bridgehead atoms. The maximum absolute atomic E-state index is 12.8. The number of carbonyl (C=O) groups excluding carboxylic acids is 2. The van der Waals surface area contributed by atoms with E-state index < -0.39 is 42.2 Å². The highest BCUT2D eigenvalue weighted by Gasteiger charge is 2.66. The van der Waals surface area contributed by atoms with Gasteiger partial charge in [-0.25, -0.2) is 9.59 Å².